The molecule has 0 radical (unpaired) electrons. The van der Waals surface area contributed by atoms with Gasteiger partial charge in [-0.25, -0.2) is 4.98 Å². The second-order valence-electron chi connectivity index (χ2n) is 7.85. The van der Waals surface area contributed by atoms with E-state index < -0.39 is 0 Å². The van der Waals surface area contributed by atoms with Crippen molar-refractivity contribution in [3.63, 3.8) is 0 Å². The molecule has 0 aliphatic carbocycles. The van der Waals surface area contributed by atoms with Crippen LogP contribution in [-0.2, 0) is 12.3 Å². The van der Waals surface area contributed by atoms with Crippen LogP contribution in [0, 0.1) is 6.92 Å². The number of fused-ring (bicyclic) bond motifs is 1. The van der Waals surface area contributed by atoms with Gasteiger partial charge in [0.05, 0.1) is 12.2 Å². The van der Waals surface area contributed by atoms with Gasteiger partial charge in [0.2, 0.25) is 0 Å². The largest absolute Gasteiger partial charge is 0.307 e. The van der Waals surface area contributed by atoms with E-state index in [9.17, 15) is 0 Å². The number of imidazole rings is 1. The molecule has 3 aromatic heterocycles. The molecule has 30 heavy (non-hydrogen) atoms. The molecular weight excluding hydrogens is 392 g/mol. The van der Waals surface area contributed by atoms with Crippen molar-refractivity contribution in [1.82, 2.24) is 29.0 Å². The van der Waals surface area contributed by atoms with Crippen molar-refractivity contribution >= 4 is 17.4 Å². The van der Waals surface area contributed by atoms with E-state index in [-0.39, 0.29) is 0 Å². The Morgan fingerprint density at radius 1 is 0.967 bits per heavy atom. The van der Waals surface area contributed by atoms with Gasteiger partial charge in [-0.1, -0.05) is 42.4 Å². The van der Waals surface area contributed by atoms with Crippen molar-refractivity contribution in [3.05, 3.63) is 71.9 Å². The number of aromatic nitrogens is 5. The molecule has 0 N–H and O–H groups in total. The van der Waals surface area contributed by atoms with Crippen LogP contribution in [0.2, 0.25) is 0 Å². The average Bonchev–Trinajstić information content (AvgIpc) is 3.38. The highest BCUT2D eigenvalue weighted by atomic mass is 32.2. The first-order valence-corrected chi connectivity index (χ1v) is 11.5. The maximum Gasteiger partial charge on any atom is 0.196 e. The third-order valence-electron chi connectivity index (χ3n) is 5.61. The summed E-state index contributed by atoms with van der Waals surface area (Å²) >= 11 is 1.69. The summed E-state index contributed by atoms with van der Waals surface area (Å²) in [4.78, 5) is 7.30. The summed E-state index contributed by atoms with van der Waals surface area (Å²) in [5.41, 5.74) is 4.37. The normalized spacial score (nSPS) is 15.1. The number of likely N-dealkylation sites (tertiary alicyclic amines) is 1. The Hall–Kier alpha value is -2.64. The lowest BCUT2D eigenvalue weighted by Gasteiger charge is -2.26. The summed E-state index contributed by atoms with van der Waals surface area (Å²) in [5, 5.41) is 10.1. The summed E-state index contributed by atoms with van der Waals surface area (Å²) in [5.74, 6) is 1.77. The van der Waals surface area contributed by atoms with E-state index in [1.807, 2.05) is 12.3 Å². The Bertz CT molecular complexity index is 1130. The first kappa shape index (κ1) is 19.3. The monoisotopic (exact) mass is 418 g/mol. The van der Waals surface area contributed by atoms with Crippen LogP contribution < -0.4 is 0 Å². The summed E-state index contributed by atoms with van der Waals surface area (Å²) < 4.78 is 4.30. The SMILES string of the molecule is Cc1cccn2cc(CSc3nnc(CN4CCCCC4)n3-c3ccccc3)nc12. The van der Waals surface area contributed by atoms with Gasteiger partial charge in [0.25, 0.3) is 0 Å². The zero-order chi connectivity index (χ0) is 20.3. The van der Waals surface area contributed by atoms with Crippen LogP contribution in [0.25, 0.3) is 11.3 Å². The fraction of sp³-hybridized carbons (Fsp3) is 0.348. The number of rotatable bonds is 6. The van der Waals surface area contributed by atoms with Gasteiger partial charge in [-0.05, 0) is 56.6 Å². The topological polar surface area (TPSA) is 51.2 Å². The van der Waals surface area contributed by atoms with E-state index in [0.29, 0.717) is 0 Å². The van der Waals surface area contributed by atoms with E-state index in [1.54, 1.807) is 11.8 Å². The molecule has 154 valence electrons. The van der Waals surface area contributed by atoms with Gasteiger partial charge in [0, 0.05) is 23.8 Å². The Balaban J connectivity index is 1.41. The number of hydrogen-bond donors (Lipinski definition) is 0. The molecule has 1 aromatic carbocycles. The first-order valence-electron chi connectivity index (χ1n) is 10.6. The molecule has 0 unspecified atom stereocenters. The summed E-state index contributed by atoms with van der Waals surface area (Å²) in [6.45, 7) is 5.23. The van der Waals surface area contributed by atoms with Gasteiger partial charge in [0.15, 0.2) is 11.0 Å². The van der Waals surface area contributed by atoms with Crippen molar-refractivity contribution in [1.29, 1.82) is 0 Å². The predicted molar refractivity (Wildman–Crippen MR) is 120 cm³/mol. The third kappa shape index (κ3) is 4.00. The van der Waals surface area contributed by atoms with Gasteiger partial charge < -0.3 is 4.40 Å². The molecule has 1 saturated heterocycles. The van der Waals surface area contributed by atoms with Crippen LogP contribution in [0.1, 0.15) is 36.3 Å². The molecule has 0 amide bonds. The van der Waals surface area contributed by atoms with Crippen LogP contribution >= 0.6 is 11.8 Å². The van der Waals surface area contributed by atoms with Crippen molar-refractivity contribution in [2.45, 2.75) is 43.6 Å². The van der Waals surface area contributed by atoms with E-state index in [0.717, 1.165) is 53.4 Å². The Labute approximate surface area is 181 Å². The van der Waals surface area contributed by atoms with Gasteiger partial charge in [-0.3, -0.25) is 9.47 Å². The number of aryl methyl sites for hydroxylation is 1. The zero-order valence-corrected chi connectivity index (χ0v) is 18.1. The summed E-state index contributed by atoms with van der Waals surface area (Å²) in [6.07, 6.45) is 8.03. The van der Waals surface area contributed by atoms with Crippen LogP contribution in [0.15, 0.2) is 60.0 Å². The molecule has 0 saturated carbocycles. The molecule has 0 bridgehead atoms. The number of pyridine rings is 1. The second-order valence-corrected chi connectivity index (χ2v) is 8.79. The summed E-state index contributed by atoms with van der Waals surface area (Å²) in [7, 11) is 0. The fourth-order valence-corrected chi connectivity index (χ4v) is 4.92. The van der Waals surface area contributed by atoms with Crippen molar-refractivity contribution in [2.24, 2.45) is 0 Å². The lowest BCUT2D eigenvalue weighted by Crippen LogP contribution is -2.30. The molecule has 0 atom stereocenters. The number of piperidine rings is 1. The number of thioether (sulfide) groups is 1. The summed E-state index contributed by atoms with van der Waals surface area (Å²) in [6, 6.07) is 14.6. The lowest BCUT2D eigenvalue weighted by atomic mass is 10.1. The maximum absolute atomic E-state index is 4.81. The molecule has 4 heterocycles. The number of hydrogen-bond acceptors (Lipinski definition) is 5. The molecule has 1 aliphatic heterocycles. The van der Waals surface area contributed by atoms with Crippen molar-refractivity contribution in [3.8, 4) is 5.69 Å². The quantitative estimate of drug-likeness (QED) is 0.432. The smallest absolute Gasteiger partial charge is 0.196 e. The van der Waals surface area contributed by atoms with Gasteiger partial charge in [-0.15, -0.1) is 10.2 Å². The highest BCUT2D eigenvalue weighted by Crippen LogP contribution is 2.26. The second kappa shape index (κ2) is 8.62. The van der Waals surface area contributed by atoms with Gasteiger partial charge >= 0.3 is 0 Å². The minimum atomic E-state index is 0.760. The predicted octanol–water partition coefficient (Wildman–Crippen LogP) is 4.50. The molecular formula is C23H26N6S. The molecule has 1 fully saturated rings. The Morgan fingerprint density at radius 2 is 1.80 bits per heavy atom. The molecule has 0 spiro atoms. The molecule has 1 aliphatic rings. The average molecular weight is 419 g/mol. The number of benzene rings is 1. The Morgan fingerprint density at radius 3 is 2.60 bits per heavy atom. The van der Waals surface area contributed by atoms with E-state index in [4.69, 9.17) is 4.98 Å². The van der Waals surface area contributed by atoms with Crippen LogP contribution in [0.5, 0.6) is 0 Å². The molecule has 7 heteroatoms. The first-order chi connectivity index (χ1) is 14.8. The van der Waals surface area contributed by atoms with Gasteiger partial charge in [-0.2, -0.15) is 0 Å². The third-order valence-corrected chi connectivity index (χ3v) is 6.57. The van der Waals surface area contributed by atoms with Crippen LogP contribution in [0.3, 0.4) is 0 Å². The highest BCUT2D eigenvalue weighted by molar-refractivity contribution is 7.98. The minimum Gasteiger partial charge on any atom is -0.307 e. The standard InChI is InChI=1S/C23H26N6S/c1-18-9-8-14-28-15-19(24-22(18)28)17-30-23-26-25-21(16-27-12-6-3-7-13-27)29(23)20-10-4-2-5-11-20/h2,4-5,8-11,14-15H,3,6-7,12-13,16-17H2,1H3. The maximum atomic E-state index is 4.81. The number of nitrogens with zero attached hydrogens (tertiary/aromatic N) is 6. The zero-order valence-electron chi connectivity index (χ0n) is 17.2. The minimum absolute atomic E-state index is 0.760. The van der Waals surface area contributed by atoms with Crippen LogP contribution in [0.4, 0.5) is 0 Å². The Kier molecular flexibility index (Phi) is 5.55. The molecule has 4 aromatic rings. The van der Waals surface area contributed by atoms with Crippen molar-refractivity contribution in [2.75, 3.05) is 13.1 Å². The van der Waals surface area contributed by atoms with E-state index in [1.165, 1.54) is 24.8 Å². The highest BCUT2D eigenvalue weighted by Gasteiger charge is 2.19. The van der Waals surface area contributed by atoms with E-state index >= 15 is 0 Å². The fourth-order valence-electron chi connectivity index (χ4n) is 4.06. The molecule has 5 rings (SSSR count). The van der Waals surface area contributed by atoms with Gasteiger partial charge in [0.1, 0.15) is 5.65 Å². The molecule has 6 nitrogen and oxygen atoms in total. The number of para-hydroxylation sites is 1. The van der Waals surface area contributed by atoms with E-state index in [2.05, 4.69) is 73.6 Å². The van der Waals surface area contributed by atoms with Crippen LogP contribution in [-0.4, -0.2) is 42.1 Å². The lowest BCUT2D eigenvalue weighted by molar-refractivity contribution is 0.214. The van der Waals surface area contributed by atoms with Crippen molar-refractivity contribution < 1.29 is 0 Å².